The lowest BCUT2D eigenvalue weighted by Crippen LogP contribution is -2.36. The van der Waals surface area contributed by atoms with E-state index in [0.717, 1.165) is 19.3 Å². The van der Waals surface area contributed by atoms with Gasteiger partial charge < -0.3 is 26.0 Å². The molecule has 1 aliphatic carbocycles. The van der Waals surface area contributed by atoms with Gasteiger partial charge in [-0.1, -0.05) is 0 Å². The first-order valence-corrected chi connectivity index (χ1v) is 8.94. The average molecular weight is 348 g/mol. The number of nitrogens with one attached hydrogen (secondary N) is 2. The lowest BCUT2D eigenvalue weighted by Gasteiger charge is -2.26. The Bertz CT molecular complexity index is 626. The Morgan fingerprint density at radius 2 is 2.04 bits per heavy atom. The van der Waals surface area contributed by atoms with E-state index in [1.54, 1.807) is 11.1 Å². The van der Waals surface area contributed by atoms with E-state index >= 15 is 0 Å². The van der Waals surface area contributed by atoms with Crippen LogP contribution in [-0.2, 0) is 4.74 Å². The lowest BCUT2D eigenvalue weighted by atomic mass is 9.93. The number of rotatable bonds is 4. The van der Waals surface area contributed by atoms with Crippen LogP contribution in [0.15, 0.2) is 6.20 Å². The van der Waals surface area contributed by atoms with Gasteiger partial charge in [0.05, 0.1) is 11.9 Å². The number of nitrogens with zero attached hydrogens (tertiary/aromatic N) is 3. The molecule has 138 valence electrons. The summed E-state index contributed by atoms with van der Waals surface area (Å²) in [5.74, 6) is 1.22. The molecule has 1 saturated heterocycles. The molecule has 0 radical (unpaired) electrons. The van der Waals surface area contributed by atoms with Gasteiger partial charge in [-0.05, 0) is 46.5 Å². The molecule has 1 saturated carbocycles. The SMILES string of the molecule is CC(C)(C)OC(=O)N1CCC(Nc2nc(NC3CCC3)ncc2N)C1. The minimum Gasteiger partial charge on any atom is -0.444 e. The van der Waals surface area contributed by atoms with Crippen molar-refractivity contribution in [2.45, 2.75) is 64.1 Å². The summed E-state index contributed by atoms with van der Waals surface area (Å²) >= 11 is 0. The molecule has 0 spiro atoms. The highest BCUT2D eigenvalue weighted by Gasteiger charge is 2.30. The monoisotopic (exact) mass is 348 g/mol. The van der Waals surface area contributed by atoms with Crippen molar-refractivity contribution in [1.29, 1.82) is 0 Å². The van der Waals surface area contributed by atoms with Crippen molar-refractivity contribution in [1.82, 2.24) is 14.9 Å². The van der Waals surface area contributed by atoms with Crippen LogP contribution < -0.4 is 16.4 Å². The molecule has 3 rings (SSSR count). The van der Waals surface area contributed by atoms with Crippen molar-refractivity contribution in [2.24, 2.45) is 0 Å². The fraction of sp³-hybridized carbons (Fsp3) is 0.706. The zero-order chi connectivity index (χ0) is 18.0. The molecular weight excluding hydrogens is 320 g/mol. The molecule has 1 amide bonds. The van der Waals surface area contributed by atoms with Crippen LogP contribution in [0.4, 0.5) is 22.2 Å². The molecule has 1 aromatic rings. The molecule has 2 fully saturated rings. The summed E-state index contributed by atoms with van der Waals surface area (Å²) in [4.78, 5) is 22.6. The van der Waals surface area contributed by atoms with E-state index in [1.807, 2.05) is 20.8 Å². The molecule has 2 aliphatic rings. The van der Waals surface area contributed by atoms with Gasteiger partial charge in [0.15, 0.2) is 5.82 Å². The molecule has 4 N–H and O–H groups in total. The zero-order valence-electron chi connectivity index (χ0n) is 15.2. The minimum atomic E-state index is -0.484. The maximum Gasteiger partial charge on any atom is 0.410 e. The van der Waals surface area contributed by atoms with Crippen molar-refractivity contribution < 1.29 is 9.53 Å². The fourth-order valence-electron chi connectivity index (χ4n) is 2.88. The Kier molecular flexibility index (Phi) is 4.87. The summed E-state index contributed by atoms with van der Waals surface area (Å²) in [6, 6.07) is 0.562. The van der Waals surface area contributed by atoms with Crippen molar-refractivity contribution in [3.05, 3.63) is 6.20 Å². The number of carbonyl (C=O) groups excluding carboxylic acids is 1. The summed E-state index contributed by atoms with van der Waals surface area (Å²) in [5.41, 5.74) is 6.03. The molecule has 8 heteroatoms. The van der Waals surface area contributed by atoms with E-state index in [1.165, 1.54) is 6.42 Å². The Morgan fingerprint density at radius 3 is 2.68 bits per heavy atom. The van der Waals surface area contributed by atoms with Gasteiger partial charge in [-0.25, -0.2) is 9.78 Å². The van der Waals surface area contributed by atoms with Crippen molar-refractivity contribution >= 4 is 23.5 Å². The van der Waals surface area contributed by atoms with Gasteiger partial charge in [0.2, 0.25) is 5.95 Å². The predicted molar refractivity (Wildman–Crippen MR) is 97.5 cm³/mol. The van der Waals surface area contributed by atoms with Crippen LogP contribution in [0, 0.1) is 0 Å². The molecule has 1 aromatic heterocycles. The van der Waals surface area contributed by atoms with E-state index in [9.17, 15) is 4.79 Å². The van der Waals surface area contributed by atoms with Crippen molar-refractivity contribution in [3.63, 3.8) is 0 Å². The van der Waals surface area contributed by atoms with Gasteiger partial charge in [0.25, 0.3) is 0 Å². The number of hydrogen-bond acceptors (Lipinski definition) is 7. The summed E-state index contributed by atoms with van der Waals surface area (Å²) in [6.07, 6.45) is 5.74. The summed E-state index contributed by atoms with van der Waals surface area (Å²) < 4.78 is 5.42. The van der Waals surface area contributed by atoms with Crippen molar-refractivity contribution in [2.75, 3.05) is 29.5 Å². The Morgan fingerprint density at radius 1 is 1.28 bits per heavy atom. The molecule has 25 heavy (non-hydrogen) atoms. The number of carbonyl (C=O) groups is 1. The first kappa shape index (κ1) is 17.6. The van der Waals surface area contributed by atoms with Crippen LogP contribution in [-0.4, -0.2) is 51.7 Å². The second-order valence-corrected chi connectivity index (χ2v) is 7.83. The van der Waals surface area contributed by atoms with E-state index in [4.69, 9.17) is 10.5 Å². The Hall–Kier alpha value is -2.25. The van der Waals surface area contributed by atoms with Gasteiger partial charge >= 0.3 is 6.09 Å². The molecule has 1 unspecified atom stereocenters. The zero-order valence-corrected chi connectivity index (χ0v) is 15.2. The lowest BCUT2D eigenvalue weighted by molar-refractivity contribution is 0.0293. The standard InChI is InChI=1S/C17H28N6O2/c1-17(2,3)25-16(24)23-8-7-12(10-23)20-14-13(18)9-19-15(22-14)21-11-5-4-6-11/h9,11-12H,4-8,10,18H2,1-3H3,(H2,19,20,21,22). The van der Waals surface area contributed by atoms with Crippen LogP contribution in [0.3, 0.4) is 0 Å². The van der Waals surface area contributed by atoms with Crippen molar-refractivity contribution in [3.8, 4) is 0 Å². The number of ether oxygens (including phenoxy) is 1. The largest absolute Gasteiger partial charge is 0.444 e. The van der Waals surface area contributed by atoms with E-state index in [0.29, 0.717) is 36.6 Å². The normalized spacial score (nSPS) is 20.9. The maximum absolute atomic E-state index is 12.2. The average Bonchev–Trinajstić information content (AvgIpc) is 2.93. The van der Waals surface area contributed by atoms with Crippen LogP contribution in [0.2, 0.25) is 0 Å². The second kappa shape index (κ2) is 6.93. The summed E-state index contributed by atoms with van der Waals surface area (Å²) in [5, 5.41) is 6.66. The Labute approximate surface area is 148 Å². The number of amides is 1. The van der Waals surface area contributed by atoms with Gasteiger partial charge in [-0.2, -0.15) is 4.98 Å². The molecule has 8 nitrogen and oxygen atoms in total. The minimum absolute atomic E-state index is 0.0984. The topological polar surface area (TPSA) is 105 Å². The summed E-state index contributed by atoms with van der Waals surface area (Å²) in [6.45, 7) is 6.84. The third-order valence-electron chi connectivity index (χ3n) is 4.44. The number of likely N-dealkylation sites (tertiary alicyclic amines) is 1. The van der Waals surface area contributed by atoms with Crippen LogP contribution >= 0.6 is 0 Å². The first-order chi connectivity index (χ1) is 11.8. The third-order valence-corrected chi connectivity index (χ3v) is 4.44. The van der Waals surface area contributed by atoms with E-state index < -0.39 is 5.60 Å². The molecule has 0 bridgehead atoms. The first-order valence-electron chi connectivity index (χ1n) is 8.94. The van der Waals surface area contributed by atoms with Gasteiger partial charge in [-0.3, -0.25) is 0 Å². The Balaban J connectivity index is 1.57. The molecular formula is C17H28N6O2. The highest BCUT2D eigenvalue weighted by atomic mass is 16.6. The van der Waals surface area contributed by atoms with Gasteiger partial charge in [-0.15, -0.1) is 0 Å². The highest BCUT2D eigenvalue weighted by molar-refractivity contribution is 5.69. The fourth-order valence-corrected chi connectivity index (χ4v) is 2.88. The van der Waals surface area contributed by atoms with E-state index in [-0.39, 0.29) is 12.1 Å². The predicted octanol–water partition coefficient (Wildman–Crippen LogP) is 2.44. The molecule has 0 aromatic carbocycles. The van der Waals surface area contributed by atoms with Crippen LogP contribution in [0.5, 0.6) is 0 Å². The van der Waals surface area contributed by atoms with Crippen LogP contribution in [0.25, 0.3) is 0 Å². The number of aromatic nitrogens is 2. The maximum atomic E-state index is 12.2. The highest BCUT2D eigenvalue weighted by Crippen LogP contribution is 2.25. The number of nitrogen functional groups attached to an aromatic ring is 1. The number of nitrogens with two attached hydrogens (primary N) is 1. The molecule has 1 aliphatic heterocycles. The number of anilines is 3. The quantitative estimate of drug-likeness (QED) is 0.767. The van der Waals surface area contributed by atoms with Gasteiger partial charge in [0, 0.05) is 25.2 Å². The second-order valence-electron chi connectivity index (χ2n) is 7.83. The molecule has 1 atom stereocenters. The van der Waals surface area contributed by atoms with Gasteiger partial charge in [0.1, 0.15) is 5.60 Å². The third kappa shape index (κ3) is 4.64. The summed E-state index contributed by atoms with van der Waals surface area (Å²) in [7, 11) is 0. The smallest absolute Gasteiger partial charge is 0.410 e. The van der Waals surface area contributed by atoms with Crippen LogP contribution in [0.1, 0.15) is 46.5 Å². The molecule has 2 heterocycles. The van der Waals surface area contributed by atoms with E-state index in [2.05, 4.69) is 20.6 Å². The number of hydrogen-bond donors (Lipinski definition) is 3.